The van der Waals surface area contributed by atoms with E-state index in [1.807, 2.05) is 6.07 Å². The van der Waals surface area contributed by atoms with Crippen molar-refractivity contribution in [2.45, 2.75) is 18.7 Å². The van der Waals surface area contributed by atoms with Gasteiger partial charge in [-0.25, -0.2) is 9.36 Å². The molecule has 6 aromatic rings. The Morgan fingerprint density at radius 3 is 1.39 bits per heavy atom. The fraction of sp³-hybridized carbons (Fsp3) is 0.250. The average molecular weight is 1020 g/mol. The summed E-state index contributed by atoms with van der Waals surface area (Å²) in [5.41, 5.74) is -1.34. The van der Waals surface area contributed by atoms with Crippen molar-refractivity contribution in [1.29, 1.82) is 0 Å². The van der Waals surface area contributed by atoms with Gasteiger partial charge < -0.3 is 41.3 Å². The van der Waals surface area contributed by atoms with Gasteiger partial charge in [-0.2, -0.15) is 18.6 Å². The van der Waals surface area contributed by atoms with Gasteiger partial charge >= 0.3 is 2.85 Å². The fourth-order valence-corrected chi connectivity index (χ4v) is 5.85. The molecule has 0 aliphatic rings. The summed E-state index contributed by atoms with van der Waals surface area (Å²) in [4.78, 5) is 44.0. The molecule has 29 heteroatoms. The Labute approximate surface area is 404 Å². The third kappa shape index (κ3) is 17.4. The summed E-state index contributed by atoms with van der Waals surface area (Å²) >= 11 is 0. The molecule has 0 atom stereocenters. The maximum atomic E-state index is 12.6. The number of nitrogens with one attached hydrogen (secondary N) is 4. The molecule has 2 aromatic heterocycles. The predicted octanol–water partition coefficient (Wildman–Crippen LogP) is 2.33. The largest absolute Gasteiger partial charge is 1.00 e. The molecule has 0 saturated heterocycles. The van der Waals surface area contributed by atoms with E-state index in [1.165, 1.54) is 16.3 Å². The molecule has 0 spiro atoms. The number of aliphatic hydroxyl groups is 4. The monoisotopic (exact) mass is 1020 g/mol. The number of nitro benzene ring substituents is 2. The van der Waals surface area contributed by atoms with Crippen LogP contribution < -0.4 is 32.0 Å². The van der Waals surface area contributed by atoms with Gasteiger partial charge in [0, 0.05) is 67.8 Å². The number of aromatic amines is 2. The van der Waals surface area contributed by atoms with Crippen molar-refractivity contribution in [1.82, 2.24) is 30.2 Å². The maximum absolute atomic E-state index is 12.6. The van der Waals surface area contributed by atoms with Crippen LogP contribution in [-0.4, -0.2) is 115 Å². The summed E-state index contributed by atoms with van der Waals surface area (Å²) in [5, 5.41) is 104. The van der Waals surface area contributed by atoms with Gasteiger partial charge in [0.1, 0.15) is 0 Å². The van der Waals surface area contributed by atoms with Crippen LogP contribution in [0, 0.1) is 34.1 Å². The minimum absolute atomic E-state index is 0. The Morgan fingerprint density at radius 1 is 0.623 bits per heavy atom. The van der Waals surface area contributed by atoms with Crippen LogP contribution in [0.25, 0.3) is 11.4 Å². The molecule has 4 aromatic carbocycles. The predicted molar refractivity (Wildman–Crippen MR) is 242 cm³/mol. The Bertz CT molecular complexity index is 2890. The van der Waals surface area contributed by atoms with Gasteiger partial charge in [-0.1, -0.05) is 54.0 Å². The van der Waals surface area contributed by atoms with Crippen molar-refractivity contribution < 1.29 is 73.7 Å². The summed E-state index contributed by atoms with van der Waals surface area (Å²) in [6.45, 7) is 5.99. The molecule has 2 heterocycles. The molecule has 9 N–H and O–H groups in total. The summed E-state index contributed by atoms with van der Waals surface area (Å²) in [7, 11) is -5.03. The molecule has 0 bridgehead atoms. The van der Waals surface area contributed by atoms with E-state index < -0.39 is 58.9 Å². The van der Waals surface area contributed by atoms with E-state index >= 15 is 0 Å². The van der Waals surface area contributed by atoms with Crippen molar-refractivity contribution in [3.05, 3.63) is 143 Å². The number of benzene rings is 4. The molecule has 0 saturated carbocycles. The standard InChI is InChI=1S/C16H13N5O7S.C16H13N5O4.2C4H11NO2.Cr/c1-9-14(16(23)20(19-9)10-5-3-2-4-6-10)18-17-12-7-11(21(24)25)8-13(15(12)22)29(26,27)28;1-10-15(16(23)20(19-10)11-5-3-2-4-6-11)18-17-13-9-12(21(24)25)7-8-14(13)22;2*6-3-1-5-2-4-7;/h2-8,19,22H,1H3,(H,26,27,28);2-9,19,22H,1H3;2*5-7H,1-4H2;. The van der Waals surface area contributed by atoms with Crippen molar-refractivity contribution >= 4 is 44.2 Å². The zero-order chi connectivity index (χ0) is 50.4. The number of H-pyrrole nitrogens is 2. The molecule has 0 aliphatic heterocycles. The second-order valence-corrected chi connectivity index (χ2v) is 14.7. The van der Waals surface area contributed by atoms with Gasteiger partial charge in [-0.15, -0.1) is 10.2 Å². The molecular formula is C40H48CrN12O15S. The number of hydrogen-bond donors (Lipinski definition) is 9. The Balaban J connectivity index is 0.00000106. The molecule has 6 rings (SSSR count). The minimum atomic E-state index is -5.03. The Hall–Kier alpha value is -7.30. The average Bonchev–Trinajstić information content (AvgIpc) is 3.77. The number of aromatic nitrogens is 4. The minimum Gasteiger partial charge on any atom is -0.871 e. The molecule has 0 unspecified atom stereocenters. The number of para-hydroxylation sites is 2. The van der Waals surface area contributed by atoms with Crippen LogP contribution >= 0.6 is 0 Å². The molecule has 0 fully saturated rings. The topological polar surface area (TPSA) is 417 Å². The summed E-state index contributed by atoms with van der Waals surface area (Å²) in [6.07, 6.45) is 0. The van der Waals surface area contributed by atoms with Crippen molar-refractivity contribution in [2.75, 3.05) is 52.6 Å². The Kier molecular flexibility index (Phi) is 24.1. The summed E-state index contributed by atoms with van der Waals surface area (Å²) in [6, 6.07) is 21.6. The van der Waals surface area contributed by atoms with E-state index in [-0.39, 0.29) is 75.1 Å². The number of azo groups is 2. The summed E-state index contributed by atoms with van der Waals surface area (Å²) in [5.74, 6) is -1.82. The first-order valence-electron chi connectivity index (χ1n) is 19.7. The molecule has 0 radical (unpaired) electrons. The molecule has 27 nitrogen and oxygen atoms in total. The van der Waals surface area contributed by atoms with Gasteiger partial charge in [0.15, 0.2) is 11.4 Å². The molecule has 370 valence electrons. The number of nitrogens with zero attached hydrogens (tertiary/aromatic N) is 8. The first-order valence-corrected chi connectivity index (χ1v) is 21.2. The van der Waals surface area contributed by atoms with Crippen LogP contribution in [0.4, 0.5) is 34.1 Å². The van der Waals surface area contributed by atoms with Crippen LogP contribution in [0.5, 0.6) is 11.5 Å². The smallest absolute Gasteiger partial charge is 0.871 e. The van der Waals surface area contributed by atoms with Crippen LogP contribution in [0.15, 0.2) is 126 Å². The van der Waals surface area contributed by atoms with E-state index in [1.54, 1.807) is 61.5 Å². The second-order valence-electron chi connectivity index (χ2n) is 13.4. The third-order valence-corrected chi connectivity index (χ3v) is 9.30. The van der Waals surface area contributed by atoms with Crippen molar-refractivity contribution in [2.24, 2.45) is 20.5 Å². The molecule has 69 heavy (non-hydrogen) atoms. The number of hydrogen-bond acceptors (Lipinski definition) is 20. The van der Waals surface area contributed by atoms with Gasteiger partial charge in [-0.3, -0.25) is 44.6 Å². The number of aliphatic hydroxyl groups excluding tert-OH is 4. The van der Waals surface area contributed by atoms with Crippen LogP contribution in [-0.2, 0) is 27.5 Å². The van der Waals surface area contributed by atoms with E-state index in [9.17, 15) is 48.4 Å². The van der Waals surface area contributed by atoms with E-state index in [4.69, 9.17) is 25.0 Å². The normalized spacial score (nSPS) is 10.9. The SMILES string of the molecule is Cc1[nH]n(-c2ccccc2)c(=O)c1N=Nc1cc([N+](=O)[O-])cc(S(=O)(=O)O)c1[O-].Cc1[nH]n(-c2ccccc2)c(=O)c1N=Nc1cc([N+](=O)[O-])ccc1[O-].OCCNCCO.OCCNCCO.[Cr].[H+].[H+]. The van der Waals surface area contributed by atoms with Gasteiger partial charge in [0.05, 0.1) is 75.3 Å². The number of aryl methyl sites for hydroxylation is 2. The number of rotatable bonds is 17. The fourth-order valence-electron chi connectivity index (χ4n) is 5.24. The van der Waals surface area contributed by atoms with E-state index in [2.05, 4.69) is 41.3 Å². The number of non-ortho nitro benzene ring substituents is 2. The quantitative estimate of drug-likeness (QED) is 0.0208. The second kappa shape index (κ2) is 28.8. The van der Waals surface area contributed by atoms with Crippen molar-refractivity contribution in [3.8, 4) is 22.9 Å². The zero-order valence-electron chi connectivity index (χ0n) is 38.5. The van der Waals surface area contributed by atoms with Gasteiger partial charge in [0.25, 0.3) is 32.6 Å². The first-order chi connectivity index (χ1) is 32.4. The van der Waals surface area contributed by atoms with Crippen LogP contribution in [0.2, 0.25) is 0 Å². The van der Waals surface area contributed by atoms with Crippen LogP contribution in [0.1, 0.15) is 14.2 Å². The van der Waals surface area contributed by atoms with E-state index in [0.717, 1.165) is 18.2 Å². The van der Waals surface area contributed by atoms with Crippen LogP contribution in [0.3, 0.4) is 0 Å². The van der Waals surface area contributed by atoms with Crippen molar-refractivity contribution in [3.63, 3.8) is 0 Å². The molecular weight excluding hydrogens is 973 g/mol. The third-order valence-electron chi connectivity index (χ3n) is 8.44. The molecule has 0 aliphatic carbocycles. The maximum Gasteiger partial charge on any atom is 1.00 e. The summed E-state index contributed by atoms with van der Waals surface area (Å²) < 4.78 is 34.3. The first kappa shape index (κ1) is 57.8. The Morgan fingerprint density at radius 2 is 1.01 bits per heavy atom. The van der Waals surface area contributed by atoms with Gasteiger partial charge in [0.2, 0.25) is 0 Å². The number of nitro groups is 2. The zero-order valence-corrected chi connectivity index (χ0v) is 38.6. The molecule has 0 amide bonds. The van der Waals surface area contributed by atoms with E-state index in [0.29, 0.717) is 55.4 Å². The van der Waals surface area contributed by atoms with Gasteiger partial charge in [-0.05, 0) is 38.1 Å².